The van der Waals surface area contributed by atoms with E-state index >= 15 is 0 Å². The summed E-state index contributed by atoms with van der Waals surface area (Å²) in [5.41, 5.74) is 6.10. The summed E-state index contributed by atoms with van der Waals surface area (Å²) in [5.74, 6) is -0.646. The molecule has 0 aliphatic heterocycles. The summed E-state index contributed by atoms with van der Waals surface area (Å²) in [6, 6.07) is 8.99. The number of nitrogens with one attached hydrogen (secondary N) is 1. The number of rotatable bonds is 8. The van der Waals surface area contributed by atoms with Crippen molar-refractivity contribution >= 4 is 24.3 Å². The van der Waals surface area contributed by atoms with Gasteiger partial charge in [0.2, 0.25) is 5.91 Å². The van der Waals surface area contributed by atoms with Crippen LogP contribution in [0, 0.1) is 0 Å². The first-order valence-corrected chi connectivity index (χ1v) is 7.07. The van der Waals surface area contributed by atoms with Crippen molar-refractivity contribution in [3.8, 4) is 0 Å². The molecule has 0 aliphatic rings. The second-order valence-electron chi connectivity index (χ2n) is 5.52. The molecule has 130 valence electrons. The van der Waals surface area contributed by atoms with Gasteiger partial charge in [0, 0.05) is 19.6 Å². The number of carbonyl (C=O) groups is 2. The predicted octanol–water partition coefficient (Wildman–Crippen LogP) is 1.58. The minimum Gasteiger partial charge on any atom is -0.469 e. The van der Waals surface area contributed by atoms with Crippen LogP contribution < -0.4 is 11.1 Å². The lowest BCUT2D eigenvalue weighted by atomic mass is 9.97. The Balaban J connectivity index is 0.00000484. The van der Waals surface area contributed by atoms with Crippen molar-refractivity contribution in [1.29, 1.82) is 0 Å². The number of methoxy groups -OCH3 is 2. The zero-order valence-corrected chi connectivity index (χ0v) is 14.5. The Morgan fingerprint density at radius 2 is 1.87 bits per heavy atom. The fraction of sp³-hybridized carbons (Fsp3) is 0.500. The summed E-state index contributed by atoms with van der Waals surface area (Å²) in [6.07, 6.45) is 0.161. The first-order chi connectivity index (χ1) is 10.4. The van der Waals surface area contributed by atoms with Gasteiger partial charge in [-0.3, -0.25) is 9.59 Å². The van der Waals surface area contributed by atoms with Gasteiger partial charge in [0.05, 0.1) is 25.7 Å². The van der Waals surface area contributed by atoms with Crippen LogP contribution in [0.4, 0.5) is 0 Å². The lowest BCUT2D eigenvalue weighted by Gasteiger charge is -2.29. The van der Waals surface area contributed by atoms with E-state index in [9.17, 15) is 9.59 Å². The normalized spacial score (nSPS) is 14.1. The average molecular weight is 345 g/mol. The number of nitrogens with two attached hydrogens (primary N) is 1. The maximum atomic E-state index is 12.2. The molecular formula is C16H25ClN2O4. The Hall–Kier alpha value is -1.63. The Morgan fingerprint density at radius 1 is 1.26 bits per heavy atom. The molecule has 3 N–H and O–H groups in total. The van der Waals surface area contributed by atoms with Gasteiger partial charge in [-0.2, -0.15) is 0 Å². The van der Waals surface area contributed by atoms with E-state index in [1.165, 1.54) is 14.2 Å². The van der Waals surface area contributed by atoms with Crippen molar-refractivity contribution in [2.75, 3.05) is 20.8 Å². The van der Waals surface area contributed by atoms with E-state index in [-0.39, 0.29) is 37.8 Å². The van der Waals surface area contributed by atoms with Crippen molar-refractivity contribution in [3.63, 3.8) is 0 Å². The van der Waals surface area contributed by atoms with Crippen molar-refractivity contribution in [1.82, 2.24) is 5.32 Å². The van der Waals surface area contributed by atoms with Crippen LogP contribution in [0.2, 0.25) is 0 Å². The summed E-state index contributed by atoms with van der Waals surface area (Å²) in [5, 5.41) is 2.82. The standard InChI is InChI=1S/C16H24N2O4.ClH/c1-16(11-21-2,10-15(20)22-3)18-14(19)9-13(17)12-7-5-4-6-8-12;/h4-8,13H,9-11,17H2,1-3H3,(H,18,19);1H. The van der Waals surface area contributed by atoms with Gasteiger partial charge in [-0.1, -0.05) is 30.3 Å². The molecule has 2 unspecified atom stereocenters. The number of benzene rings is 1. The zero-order chi connectivity index (χ0) is 16.6. The summed E-state index contributed by atoms with van der Waals surface area (Å²) >= 11 is 0. The maximum absolute atomic E-state index is 12.2. The molecule has 1 amide bonds. The van der Waals surface area contributed by atoms with Crippen LogP contribution >= 0.6 is 12.4 Å². The number of carbonyl (C=O) groups excluding carboxylic acids is 2. The second-order valence-corrected chi connectivity index (χ2v) is 5.52. The van der Waals surface area contributed by atoms with Gasteiger partial charge in [0.25, 0.3) is 0 Å². The topological polar surface area (TPSA) is 90.6 Å². The monoisotopic (exact) mass is 344 g/mol. The van der Waals surface area contributed by atoms with E-state index in [1.807, 2.05) is 30.3 Å². The third-order valence-electron chi connectivity index (χ3n) is 3.30. The molecule has 2 atom stereocenters. The molecule has 1 aromatic carbocycles. The largest absolute Gasteiger partial charge is 0.469 e. The summed E-state index contributed by atoms with van der Waals surface area (Å²) in [4.78, 5) is 23.7. The van der Waals surface area contributed by atoms with Gasteiger partial charge in [-0.15, -0.1) is 12.4 Å². The number of halogens is 1. The number of hydrogen-bond acceptors (Lipinski definition) is 5. The molecule has 0 heterocycles. The average Bonchev–Trinajstić information content (AvgIpc) is 2.47. The SMILES string of the molecule is COCC(C)(CC(=O)OC)NC(=O)CC(N)c1ccccc1.Cl. The van der Waals surface area contributed by atoms with Crippen LogP contribution in [-0.4, -0.2) is 38.2 Å². The Kier molecular flexibility index (Phi) is 9.48. The molecule has 1 aromatic rings. The lowest BCUT2D eigenvalue weighted by Crippen LogP contribution is -2.51. The molecule has 6 nitrogen and oxygen atoms in total. The van der Waals surface area contributed by atoms with Crippen molar-refractivity contribution in [2.24, 2.45) is 5.73 Å². The highest BCUT2D eigenvalue weighted by molar-refractivity contribution is 5.85. The molecule has 0 saturated heterocycles. The smallest absolute Gasteiger partial charge is 0.307 e. The minimum atomic E-state index is -0.824. The highest BCUT2D eigenvalue weighted by Gasteiger charge is 2.30. The third kappa shape index (κ3) is 7.45. The first-order valence-electron chi connectivity index (χ1n) is 7.07. The van der Waals surface area contributed by atoms with E-state index < -0.39 is 17.6 Å². The molecule has 7 heteroatoms. The fourth-order valence-corrected chi connectivity index (χ4v) is 2.25. The van der Waals surface area contributed by atoms with Gasteiger partial charge >= 0.3 is 5.97 Å². The van der Waals surface area contributed by atoms with Gasteiger partial charge < -0.3 is 20.5 Å². The predicted molar refractivity (Wildman–Crippen MR) is 90.3 cm³/mol. The van der Waals surface area contributed by atoms with E-state index in [0.717, 1.165) is 5.56 Å². The van der Waals surface area contributed by atoms with Gasteiger partial charge in [-0.25, -0.2) is 0 Å². The van der Waals surface area contributed by atoms with Crippen LogP contribution in [0.1, 0.15) is 31.4 Å². The summed E-state index contributed by atoms with van der Waals surface area (Å²) in [6.45, 7) is 1.94. The van der Waals surface area contributed by atoms with Crippen LogP contribution in [0.15, 0.2) is 30.3 Å². The number of ether oxygens (including phenoxy) is 2. The molecular weight excluding hydrogens is 320 g/mol. The number of amides is 1. The first kappa shape index (κ1) is 21.4. The summed E-state index contributed by atoms with van der Waals surface area (Å²) < 4.78 is 9.74. The zero-order valence-electron chi connectivity index (χ0n) is 13.7. The van der Waals surface area contributed by atoms with E-state index in [4.69, 9.17) is 10.5 Å². The van der Waals surface area contributed by atoms with Gasteiger partial charge in [-0.05, 0) is 12.5 Å². The van der Waals surface area contributed by atoms with Gasteiger partial charge in [0.1, 0.15) is 0 Å². The van der Waals surface area contributed by atoms with Crippen molar-refractivity contribution in [2.45, 2.75) is 31.3 Å². The molecule has 0 radical (unpaired) electrons. The molecule has 0 bridgehead atoms. The molecule has 23 heavy (non-hydrogen) atoms. The lowest BCUT2D eigenvalue weighted by molar-refractivity contribution is -0.143. The van der Waals surface area contributed by atoms with Crippen LogP contribution in [-0.2, 0) is 19.1 Å². The highest BCUT2D eigenvalue weighted by atomic mass is 35.5. The minimum absolute atomic E-state index is 0. The van der Waals surface area contributed by atoms with Crippen molar-refractivity contribution in [3.05, 3.63) is 35.9 Å². The Morgan fingerprint density at radius 3 is 2.39 bits per heavy atom. The molecule has 0 aliphatic carbocycles. The van der Waals surface area contributed by atoms with E-state index in [2.05, 4.69) is 10.1 Å². The molecule has 0 saturated carbocycles. The molecule has 0 spiro atoms. The Bertz CT molecular complexity index is 498. The molecule has 1 rings (SSSR count). The fourth-order valence-electron chi connectivity index (χ4n) is 2.25. The number of esters is 1. The third-order valence-corrected chi connectivity index (χ3v) is 3.30. The maximum Gasteiger partial charge on any atom is 0.307 e. The second kappa shape index (κ2) is 10.2. The summed E-state index contributed by atoms with van der Waals surface area (Å²) in [7, 11) is 2.82. The molecule has 0 aromatic heterocycles. The van der Waals surface area contributed by atoms with E-state index in [0.29, 0.717) is 0 Å². The van der Waals surface area contributed by atoms with Crippen LogP contribution in [0.25, 0.3) is 0 Å². The van der Waals surface area contributed by atoms with Crippen LogP contribution in [0.5, 0.6) is 0 Å². The van der Waals surface area contributed by atoms with Gasteiger partial charge in [0.15, 0.2) is 0 Å². The highest BCUT2D eigenvalue weighted by Crippen LogP contribution is 2.16. The molecule has 0 fully saturated rings. The van der Waals surface area contributed by atoms with Crippen molar-refractivity contribution < 1.29 is 19.1 Å². The number of hydrogen-bond donors (Lipinski definition) is 2. The van der Waals surface area contributed by atoms with Crippen LogP contribution in [0.3, 0.4) is 0 Å². The Labute approximate surface area is 143 Å². The van der Waals surface area contributed by atoms with E-state index in [1.54, 1.807) is 6.92 Å². The quantitative estimate of drug-likeness (QED) is 0.699.